The van der Waals surface area contributed by atoms with Crippen molar-refractivity contribution in [1.82, 2.24) is 9.97 Å². The Labute approximate surface area is 128 Å². The summed E-state index contributed by atoms with van der Waals surface area (Å²) in [6, 6.07) is 2.71. The molecule has 0 saturated carbocycles. The summed E-state index contributed by atoms with van der Waals surface area (Å²) >= 11 is 8.84. The first-order valence-corrected chi connectivity index (χ1v) is 7.98. The lowest BCUT2D eigenvalue weighted by molar-refractivity contribution is 0.600. The normalized spacial score (nSPS) is 11.3. The molecule has 0 fully saturated rings. The van der Waals surface area contributed by atoms with E-state index in [-0.39, 0.29) is 9.92 Å². The highest BCUT2D eigenvalue weighted by Crippen LogP contribution is 2.20. The number of aromatic nitrogens is 2. The third-order valence-electron chi connectivity index (χ3n) is 2.41. The third kappa shape index (κ3) is 3.20. The molecule has 2 rings (SSSR count). The van der Waals surface area contributed by atoms with E-state index < -0.39 is 15.6 Å². The molecular weight excluding hydrogens is 370 g/mol. The lowest BCUT2D eigenvalue weighted by atomic mass is 10.3. The van der Waals surface area contributed by atoms with Crippen LogP contribution in [0.3, 0.4) is 0 Å². The lowest BCUT2D eigenvalue weighted by Gasteiger charge is -2.08. The number of pyridine rings is 2. The summed E-state index contributed by atoms with van der Waals surface area (Å²) in [4.78, 5) is 17.2. The number of rotatable bonds is 3. The van der Waals surface area contributed by atoms with Crippen LogP contribution in [0.15, 0.2) is 38.8 Å². The Morgan fingerprint density at radius 2 is 2.10 bits per heavy atom. The summed E-state index contributed by atoms with van der Waals surface area (Å²) in [7, 11) is -3.84. The molecule has 2 heterocycles. The van der Waals surface area contributed by atoms with Crippen molar-refractivity contribution in [3.8, 4) is 0 Å². The monoisotopic (exact) mass is 377 g/mol. The first-order chi connectivity index (χ1) is 9.29. The van der Waals surface area contributed by atoms with Crippen molar-refractivity contribution in [3.63, 3.8) is 0 Å². The van der Waals surface area contributed by atoms with Crippen LogP contribution in [0.4, 0.5) is 5.69 Å². The number of H-pyrrole nitrogens is 1. The third-order valence-corrected chi connectivity index (χ3v) is 4.88. The van der Waals surface area contributed by atoms with Gasteiger partial charge in [0.1, 0.15) is 14.5 Å². The van der Waals surface area contributed by atoms with Gasteiger partial charge in [-0.25, -0.2) is 13.4 Å². The van der Waals surface area contributed by atoms with Gasteiger partial charge in [0, 0.05) is 6.20 Å². The Bertz CT molecular complexity index is 820. The summed E-state index contributed by atoms with van der Waals surface area (Å²) in [5.41, 5.74) is 0.546. The molecule has 2 N–H and O–H groups in total. The molecule has 0 aliphatic rings. The zero-order valence-electron chi connectivity index (χ0n) is 10.1. The van der Waals surface area contributed by atoms with Crippen molar-refractivity contribution >= 4 is 43.2 Å². The fraction of sp³-hybridized carbons (Fsp3) is 0.0909. The van der Waals surface area contributed by atoms with Crippen LogP contribution in [0.2, 0.25) is 5.02 Å². The van der Waals surface area contributed by atoms with E-state index in [1.165, 1.54) is 6.20 Å². The molecule has 0 saturated heterocycles. The Morgan fingerprint density at radius 1 is 1.40 bits per heavy atom. The van der Waals surface area contributed by atoms with Gasteiger partial charge in [0.05, 0.1) is 11.9 Å². The quantitative estimate of drug-likeness (QED) is 0.802. The van der Waals surface area contributed by atoms with Crippen molar-refractivity contribution in [1.29, 1.82) is 0 Å². The Kier molecular flexibility index (Phi) is 4.17. The number of nitrogens with zero attached hydrogens (tertiary/aromatic N) is 1. The van der Waals surface area contributed by atoms with Gasteiger partial charge in [-0.15, -0.1) is 0 Å². The number of aromatic amines is 1. The van der Waals surface area contributed by atoms with Crippen LogP contribution in [-0.2, 0) is 10.0 Å². The topological polar surface area (TPSA) is 91.9 Å². The van der Waals surface area contributed by atoms with Crippen LogP contribution >= 0.6 is 27.5 Å². The Morgan fingerprint density at radius 3 is 2.70 bits per heavy atom. The number of hydrogen-bond acceptors (Lipinski definition) is 4. The minimum absolute atomic E-state index is 0.136. The molecule has 0 aliphatic heterocycles. The fourth-order valence-electron chi connectivity index (χ4n) is 1.42. The summed E-state index contributed by atoms with van der Waals surface area (Å²) < 4.78 is 27.2. The lowest BCUT2D eigenvalue weighted by Crippen LogP contribution is -2.16. The van der Waals surface area contributed by atoms with E-state index in [4.69, 9.17) is 11.6 Å². The molecule has 0 amide bonds. The molecule has 20 heavy (non-hydrogen) atoms. The summed E-state index contributed by atoms with van der Waals surface area (Å²) in [5.74, 6) is 0. The average Bonchev–Trinajstić information content (AvgIpc) is 2.37. The maximum atomic E-state index is 12.1. The zero-order valence-corrected chi connectivity index (χ0v) is 13.3. The number of anilines is 1. The second-order valence-electron chi connectivity index (χ2n) is 3.95. The van der Waals surface area contributed by atoms with Gasteiger partial charge in [-0.2, -0.15) is 0 Å². The van der Waals surface area contributed by atoms with Crippen molar-refractivity contribution in [2.75, 3.05) is 4.72 Å². The highest BCUT2D eigenvalue weighted by molar-refractivity contribution is 9.10. The van der Waals surface area contributed by atoms with Gasteiger partial charge in [0.25, 0.3) is 15.6 Å². The molecule has 0 atom stereocenters. The molecule has 9 heteroatoms. The molecule has 106 valence electrons. The summed E-state index contributed by atoms with van der Waals surface area (Å²) in [5, 5.41) is -0.196. The minimum Gasteiger partial charge on any atom is -0.326 e. The zero-order chi connectivity index (χ0) is 14.9. The molecule has 0 unspecified atom stereocenters. The van der Waals surface area contributed by atoms with E-state index in [1.54, 1.807) is 13.0 Å². The largest absolute Gasteiger partial charge is 0.326 e. The second kappa shape index (κ2) is 5.55. The standard InChI is InChI=1S/C11H9BrClN3O3S/c1-6-2-7(4-14-10(6)12)16-20(18,19)8-3-9(13)11(17)15-5-8/h2-5,16H,1H3,(H,15,17). The van der Waals surface area contributed by atoms with Crippen LogP contribution in [0.5, 0.6) is 0 Å². The van der Waals surface area contributed by atoms with Gasteiger partial charge >= 0.3 is 0 Å². The van der Waals surface area contributed by atoms with Crippen LogP contribution < -0.4 is 10.3 Å². The van der Waals surface area contributed by atoms with Crippen molar-refractivity contribution in [2.24, 2.45) is 0 Å². The summed E-state index contributed by atoms with van der Waals surface area (Å²) in [6.07, 6.45) is 2.46. The predicted octanol–water partition coefficient (Wildman–Crippen LogP) is 2.30. The molecule has 2 aromatic heterocycles. The van der Waals surface area contributed by atoms with E-state index in [2.05, 4.69) is 30.6 Å². The number of nitrogens with one attached hydrogen (secondary N) is 2. The Balaban J connectivity index is 2.37. The summed E-state index contributed by atoms with van der Waals surface area (Å²) in [6.45, 7) is 1.78. The molecule has 0 aromatic carbocycles. The highest BCUT2D eigenvalue weighted by atomic mass is 79.9. The molecule has 0 bridgehead atoms. The van der Waals surface area contributed by atoms with Crippen LogP contribution in [-0.4, -0.2) is 18.4 Å². The van der Waals surface area contributed by atoms with Gasteiger partial charge in [-0.1, -0.05) is 11.6 Å². The minimum atomic E-state index is -3.84. The second-order valence-corrected chi connectivity index (χ2v) is 6.79. The molecule has 6 nitrogen and oxygen atoms in total. The number of sulfonamides is 1. The number of halogens is 2. The predicted molar refractivity (Wildman–Crippen MR) is 79.6 cm³/mol. The van der Waals surface area contributed by atoms with Gasteiger partial charge in [0.15, 0.2) is 0 Å². The Hall–Kier alpha value is -1.38. The van der Waals surface area contributed by atoms with Gasteiger partial charge in [0.2, 0.25) is 0 Å². The van der Waals surface area contributed by atoms with E-state index in [0.717, 1.165) is 17.8 Å². The number of hydrogen-bond donors (Lipinski definition) is 2. The van der Waals surface area contributed by atoms with Crippen molar-refractivity contribution in [2.45, 2.75) is 11.8 Å². The maximum absolute atomic E-state index is 12.1. The van der Waals surface area contributed by atoms with Crippen LogP contribution in [0.1, 0.15) is 5.56 Å². The van der Waals surface area contributed by atoms with Crippen LogP contribution in [0, 0.1) is 6.92 Å². The highest BCUT2D eigenvalue weighted by Gasteiger charge is 2.16. The van der Waals surface area contributed by atoms with Crippen molar-refractivity contribution in [3.05, 3.63) is 50.1 Å². The molecule has 0 aliphatic carbocycles. The molecule has 0 radical (unpaired) electrons. The molecule has 0 spiro atoms. The molecule has 2 aromatic rings. The number of aryl methyl sites for hydroxylation is 1. The van der Waals surface area contributed by atoms with Crippen LogP contribution in [0.25, 0.3) is 0 Å². The van der Waals surface area contributed by atoms with Gasteiger partial charge < -0.3 is 4.98 Å². The first kappa shape index (κ1) is 15.0. The van der Waals surface area contributed by atoms with E-state index in [9.17, 15) is 13.2 Å². The van der Waals surface area contributed by atoms with E-state index in [1.807, 2.05) is 0 Å². The SMILES string of the molecule is Cc1cc(NS(=O)(=O)c2c[nH]c(=O)c(Cl)c2)cnc1Br. The van der Waals surface area contributed by atoms with Crippen molar-refractivity contribution < 1.29 is 8.42 Å². The molecular formula is C11H9BrClN3O3S. The van der Waals surface area contributed by atoms with Gasteiger partial charge in [-0.3, -0.25) is 9.52 Å². The fourth-order valence-corrected chi connectivity index (χ4v) is 2.90. The smallest absolute Gasteiger partial charge is 0.266 e. The van der Waals surface area contributed by atoms with Gasteiger partial charge in [-0.05, 0) is 40.5 Å². The average molecular weight is 379 g/mol. The maximum Gasteiger partial charge on any atom is 0.266 e. The van der Waals surface area contributed by atoms with E-state index in [0.29, 0.717) is 10.3 Å². The van der Waals surface area contributed by atoms with E-state index >= 15 is 0 Å². The first-order valence-electron chi connectivity index (χ1n) is 5.33.